The minimum Gasteiger partial charge on any atom is -0.465 e. The molecule has 0 aliphatic heterocycles. The quantitative estimate of drug-likeness (QED) is 0.350. The molecule has 0 atom stereocenters. The Kier molecular flexibility index (Phi) is 5.14. The number of esters is 1. The van der Waals surface area contributed by atoms with Crippen molar-refractivity contribution in [2.45, 2.75) is 0 Å². The number of nitrogen functional groups attached to an aromatic ring is 1. The molecule has 0 saturated heterocycles. The number of carbonyl (C=O) groups excluding carboxylic acids is 1. The summed E-state index contributed by atoms with van der Waals surface area (Å²) < 4.78 is 4.47. The number of hydrogen-bond donors (Lipinski definition) is 3. The molecule has 7 heteroatoms. The monoisotopic (exact) mass is 231 g/mol. The second kappa shape index (κ2) is 5.60. The van der Waals surface area contributed by atoms with E-state index in [9.17, 15) is 4.79 Å². The van der Waals surface area contributed by atoms with Crippen LogP contribution >= 0.6 is 12.4 Å². The number of benzene rings is 1. The van der Waals surface area contributed by atoms with E-state index in [2.05, 4.69) is 4.74 Å². The van der Waals surface area contributed by atoms with E-state index in [1.54, 1.807) is 0 Å². The number of anilines is 1. The third-order valence-electron chi connectivity index (χ3n) is 1.82. The number of para-hydroxylation sites is 1. The fourth-order valence-electron chi connectivity index (χ4n) is 1.10. The van der Waals surface area contributed by atoms with E-state index in [0.717, 1.165) is 0 Å². The lowest BCUT2D eigenvalue weighted by molar-refractivity contribution is 0.0602. The zero-order chi connectivity index (χ0) is 10.7. The molecule has 1 rings (SSSR count). The summed E-state index contributed by atoms with van der Waals surface area (Å²) in [4.78, 5) is 11.1. The Morgan fingerprint density at radius 2 is 2.07 bits per heavy atom. The first-order chi connectivity index (χ1) is 6.57. The first kappa shape index (κ1) is 13.8. The van der Waals surface area contributed by atoms with Crippen molar-refractivity contribution in [1.29, 1.82) is 0 Å². The van der Waals surface area contributed by atoms with Crippen molar-refractivity contribution in [3.05, 3.63) is 23.8 Å². The van der Waals surface area contributed by atoms with Gasteiger partial charge in [-0.1, -0.05) is 12.1 Å². The Labute approximate surface area is 93.4 Å². The zero-order valence-corrected chi connectivity index (χ0v) is 8.82. The number of hydrogen-bond acceptors (Lipinski definition) is 5. The van der Waals surface area contributed by atoms with E-state index >= 15 is 0 Å². The SMILES string of the molecule is COC(=O)c1cccc(B(O)O)c1N.Cl. The molecule has 0 aliphatic carbocycles. The molecule has 0 aromatic heterocycles. The van der Waals surface area contributed by atoms with Gasteiger partial charge < -0.3 is 20.5 Å². The van der Waals surface area contributed by atoms with E-state index in [4.69, 9.17) is 15.8 Å². The van der Waals surface area contributed by atoms with Crippen LogP contribution in [0.5, 0.6) is 0 Å². The molecule has 0 heterocycles. The first-order valence-corrected chi connectivity index (χ1v) is 3.90. The molecular weight excluding hydrogens is 220 g/mol. The van der Waals surface area contributed by atoms with E-state index in [0.29, 0.717) is 0 Å². The second-order valence-electron chi connectivity index (χ2n) is 2.67. The summed E-state index contributed by atoms with van der Waals surface area (Å²) in [6, 6.07) is 4.37. The average molecular weight is 231 g/mol. The largest absolute Gasteiger partial charge is 0.490 e. The maximum absolute atomic E-state index is 11.1. The third-order valence-corrected chi connectivity index (χ3v) is 1.82. The highest BCUT2D eigenvalue weighted by molar-refractivity contribution is 6.60. The molecule has 0 radical (unpaired) electrons. The van der Waals surface area contributed by atoms with Crippen molar-refractivity contribution in [3.63, 3.8) is 0 Å². The van der Waals surface area contributed by atoms with Crippen LogP contribution in [0.4, 0.5) is 5.69 Å². The van der Waals surface area contributed by atoms with Crippen LogP contribution in [-0.4, -0.2) is 30.2 Å². The van der Waals surface area contributed by atoms with Crippen LogP contribution in [0.2, 0.25) is 0 Å². The lowest BCUT2D eigenvalue weighted by atomic mass is 9.78. The summed E-state index contributed by atoms with van der Waals surface area (Å²) in [6.45, 7) is 0. The van der Waals surface area contributed by atoms with Crippen molar-refractivity contribution in [2.24, 2.45) is 0 Å². The average Bonchev–Trinajstić information content (AvgIpc) is 2.16. The minimum absolute atomic E-state index is 0. The molecular formula is C8H11BClNO4. The normalized spacial score (nSPS) is 9.00. The standard InChI is InChI=1S/C8H10BNO4.ClH/c1-14-8(11)5-3-2-4-6(7(5)10)9(12)13;/h2-4,12-13H,10H2,1H3;1H. The van der Waals surface area contributed by atoms with E-state index in [1.807, 2.05) is 0 Å². The summed E-state index contributed by atoms with van der Waals surface area (Å²) in [6.07, 6.45) is 0. The predicted octanol–water partition coefficient (Wildman–Crippen LogP) is -0.843. The van der Waals surface area contributed by atoms with Gasteiger partial charge >= 0.3 is 13.1 Å². The molecule has 0 saturated carbocycles. The van der Waals surface area contributed by atoms with Gasteiger partial charge in [0, 0.05) is 11.2 Å². The number of nitrogens with two attached hydrogens (primary N) is 1. The second-order valence-corrected chi connectivity index (χ2v) is 2.67. The predicted molar refractivity (Wildman–Crippen MR) is 59.3 cm³/mol. The summed E-state index contributed by atoms with van der Waals surface area (Å²) in [5.74, 6) is -0.606. The zero-order valence-electron chi connectivity index (χ0n) is 8.01. The van der Waals surface area contributed by atoms with Crippen molar-refractivity contribution in [3.8, 4) is 0 Å². The molecule has 82 valence electrons. The van der Waals surface area contributed by atoms with Gasteiger partial charge in [0.1, 0.15) is 0 Å². The minimum atomic E-state index is -1.69. The summed E-state index contributed by atoms with van der Waals surface area (Å²) >= 11 is 0. The van der Waals surface area contributed by atoms with Crippen LogP contribution < -0.4 is 11.2 Å². The Morgan fingerprint density at radius 3 is 2.53 bits per heavy atom. The van der Waals surface area contributed by atoms with E-state index in [-0.39, 0.29) is 29.1 Å². The van der Waals surface area contributed by atoms with Gasteiger partial charge in [-0.15, -0.1) is 12.4 Å². The fraction of sp³-hybridized carbons (Fsp3) is 0.125. The van der Waals surface area contributed by atoms with Crippen molar-refractivity contribution >= 4 is 36.6 Å². The van der Waals surface area contributed by atoms with Crippen LogP contribution in [-0.2, 0) is 4.74 Å². The highest BCUT2D eigenvalue weighted by Gasteiger charge is 2.19. The van der Waals surface area contributed by atoms with Crippen LogP contribution in [0, 0.1) is 0 Å². The number of halogens is 1. The third kappa shape index (κ3) is 2.85. The van der Waals surface area contributed by atoms with Crippen molar-refractivity contribution < 1.29 is 19.6 Å². The topological polar surface area (TPSA) is 92.8 Å². The summed E-state index contributed by atoms with van der Waals surface area (Å²) in [5, 5.41) is 17.8. The molecule has 15 heavy (non-hydrogen) atoms. The van der Waals surface area contributed by atoms with Gasteiger partial charge in [0.25, 0.3) is 0 Å². The lowest BCUT2D eigenvalue weighted by Crippen LogP contribution is -2.33. The summed E-state index contributed by atoms with van der Waals surface area (Å²) in [5.41, 5.74) is 5.78. The molecule has 0 amide bonds. The number of rotatable bonds is 2. The highest BCUT2D eigenvalue weighted by Crippen LogP contribution is 2.10. The molecule has 0 aliphatic rings. The Bertz CT molecular complexity index is 358. The van der Waals surface area contributed by atoms with Crippen LogP contribution in [0.15, 0.2) is 18.2 Å². The molecule has 0 bridgehead atoms. The number of carbonyl (C=O) groups is 1. The summed E-state index contributed by atoms with van der Waals surface area (Å²) in [7, 11) is -0.469. The van der Waals surface area contributed by atoms with E-state index < -0.39 is 13.1 Å². The number of methoxy groups -OCH3 is 1. The molecule has 1 aromatic rings. The highest BCUT2D eigenvalue weighted by atomic mass is 35.5. The lowest BCUT2D eigenvalue weighted by Gasteiger charge is -2.08. The van der Waals surface area contributed by atoms with Gasteiger partial charge in [-0.05, 0) is 6.07 Å². The van der Waals surface area contributed by atoms with Gasteiger partial charge in [-0.3, -0.25) is 0 Å². The van der Waals surface area contributed by atoms with Crippen LogP contribution in [0.1, 0.15) is 10.4 Å². The Morgan fingerprint density at radius 1 is 1.47 bits per heavy atom. The van der Waals surface area contributed by atoms with Crippen molar-refractivity contribution in [1.82, 2.24) is 0 Å². The first-order valence-electron chi connectivity index (χ1n) is 3.90. The molecule has 0 unspecified atom stereocenters. The molecule has 4 N–H and O–H groups in total. The van der Waals surface area contributed by atoms with Crippen LogP contribution in [0.25, 0.3) is 0 Å². The molecule has 1 aromatic carbocycles. The number of ether oxygens (including phenoxy) is 1. The maximum atomic E-state index is 11.1. The molecule has 0 spiro atoms. The van der Waals surface area contributed by atoms with Crippen molar-refractivity contribution in [2.75, 3.05) is 12.8 Å². The van der Waals surface area contributed by atoms with Gasteiger partial charge in [0.2, 0.25) is 0 Å². The molecule has 0 fully saturated rings. The van der Waals surface area contributed by atoms with Gasteiger partial charge in [0.15, 0.2) is 0 Å². The van der Waals surface area contributed by atoms with E-state index in [1.165, 1.54) is 25.3 Å². The Hall–Kier alpha value is -1.24. The maximum Gasteiger partial charge on any atom is 0.490 e. The van der Waals surface area contributed by atoms with Crippen LogP contribution in [0.3, 0.4) is 0 Å². The fourth-order valence-corrected chi connectivity index (χ4v) is 1.10. The smallest absolute Gasteiger partial charge is 0.465 e. The van der Waals surface area contributed by atoms with Gasteiger partial charge in [0.05, 0.1) is 12.7 Å². The molecule has 5 nitrogen and oxygen atoms in total. The Balaban J connectivity index is 0.00000196. The van der Waals surface area contributed by atoms with Gasteiger partial charge in [-0.2, -0.15) is 0 Å². The van der Waals surface area contributed by atoms with Gasteiger partial charge in [-0.25, -0.2) is 4.79 Å².